The molecular weight excluding hydrogens is 258 g/mol. The molecule has 1 aliphatic rings. The average molecular weight is 275 g/mol. The Morgan fingerprint density at radius 2 is 2.30 bits per heavy atom. The van der Waals surface area contributed by atoms with Crippen molar-refractivity contribution >= 4 is 5.69 Å². The van der Waals surface area contributed by atoms with Crippen molar-refractivity contribution in [2.24, 2.45) is 0 Å². The molecule has 1 saturated carbocycles. The van der Waals surface area contributed by atoms with Gasteiger partial charge in [0.2, 0.25) is 0 Å². The highest BCUT2D eigenvalue weighted by Gasteiger charge is 2.21. The van der Waals surface area contributed by atoms with Crippen molar-refractivity contribution in [3.05, 3.63) is 33.9 Å². The van der Waals surface area contributed by atoms with E-state index in [2.05, 4.69) is 5.32 Å². The van der Waals surface area contributed by atoms with Gasteiger partial charge in [-0.2, -0.15) is 5.26 Å². The molecule has 0 heterocycles. The molecular formula is C14H17N3O3. The number of ether oxygens (including phenoxy) is 1. The van der Waals surface area contributed by atoms with E-state index in [-0.39, 0.29) is 11.4 Å². The molecule has 0 unspecified atom stereocenters. The predicted molar refractivity (Wildman–Crippen MR) is 73.3 cm³/mol. The largest absolute Gasteiger partial charge is 0.487 e. The predicted octanol–water partition coefficient (Wildman–Crippen LogP) is 2.53. The minimum Gasteiger partial charge on any atom is -0.487 e. The summed E-state index contributed by atoms with van der Waals surface area (Å²) < 4.78 is 5.44. The van der Waals surface area contributed by atoms with Crippen molar-refractivity contribution in [3.63, 3.8) is 0 Å². The maximum absolute atomic E-state index is 11.0. The van der Waals surface area contributed by atoms with Crippen molar-refractivity contribution in [2.45, 2.75) is 38.3 Å². The van der Waals surface area contributed by atoms with Gasteiger partial charge in [0.05, 0.1) is 17.6 Å². The highest BCUT2D eigenvalue weighted by molar-refractivity contribution is 5.48. The van der Waals surface area contributed by atoms with Crippen molar-refractivity contribution in [1.29, 1.82) is 5.26 Å². The van der Waals surface area contributed by atoms with Gasteiger partial charge < -0.3 is 10.1 Å². The maximum atomic E-state index is 11.0. The summed E-state index contributed by atoms with van der Waals surface area (Å²) in [5.74, 6) is 0.281. The molecule has 0 atom stereocenters. The summed E-state index contributed by atoms with van der Waals surface area (Å²) in [7, 11) is 0. The van der Waals surface area contributed by atoms with Crippen LogP contribution in [0.4, 0.5) is 5.69 Å². The zero-order valence-electron chi connectivity index (χ0n) is 11.2. The highest BCUT2D eigenvalue weighted by atomic mass is 16.6. The van der Waals surface area contributed by atoms with Crippen molar-refractivity contribution in [1.82, 2.24) is 5.32 Å². The molecule has 1 N–H and O–H groups in total. The smallest absolute Gasteiger partial charge is 0.310 e. The number of nitriles is 1. The summed E-state index contributed by atoms with van der Waals surface area (Å²) in [5, 5.41) is 22.8. The lowest BCUT2D eigenvalue weighted by Gasteiger charge is -2.08. The van der Waals surface area contributed by atoms with Gasteiger partial charge in [-0.3, -0.25) is 10.1 Å². The van der Waals surface area contributed by atoms with E-state index >= 15 is 0 Å². The Hall–Kier alpha value is -2.13. The average Bonchev–Trinajstić information content (AvgIpc) is 3.25. The summed E-state index contributed by atoms with van der Waals surface area (Å²) in [6.07, 6.45) is 3.35. The molecule has 2 rings (SSSR count). The van der Waals surface area contributed by atoms with E-state index in [0.717, 1.165) is 5.56 Å². The van der Waals surface area contributed by atoms with E-state index in [4.69, 9.17) is 10.00 Å². The zero-order chi connectivity index (χ0) is 14.4. The lowest BCUT2D eigenvalue weighted by atomic mass is 10.2. The molecule has 0 aliphatic heterocycles. The lowest BCUT2D eigenvalue weighted by molar-refractivity contribution is -0.385. The van der Waals surface area contributed by atoms with Crippen LogP contribution in [-0.2, 0) is 6.54 Å². The molecule has 6 nitrogen and oxygen atoms in total. The Bertz CT molecular complexity index is 521. The number of benzene rings is 1. The fourth-order valence-electron chi connectivity index (χ4n) is 1.82. The van der Waals surface area contributed by atoms with E-state index in [1.807, 2.05) is 6.07 Å². The summed E-state index contributed by atoms with van der Waals surface area (Å²) in [6, 6.07) is 7.54. The number of nitro benzene ring substituents is 1. The Labute approximate surface area is 117 Å². The number of hydrogen-bond acceptors (Lipinski definition) is 5. The molecule has 6 heteroatoms. The van der Waals surface area contributed by atoms with Crippen molar-refractivity contribution in [2.75, 3.05) is 6.61 Å². The second kappa shape index (κ2) is 6.87. The number of nitrogens with zero attached hydrogens (tertiary/aromatic N) is 2. The molecule has 0 radical (unpaired) electrons. The Kier molecular flexibility index (Phi) is 4.91. The molecule has 0 bridgehead atoms. The molecule has 1 aromatic carbocycles. The topological polar surface area (TPSA) is 88.2 Å². The van der Waals surface area contributed by atoms with Crippen LogP contribution in [0.1, 0.15) is 31.2 Å². The minimum atomic E-state index is -0.447. The number of nitrogens with one attached hydrogen (secondary N) is 1. The van der Waals surface area contributed by atoms with E-state index in [0.29, 0.717) is 32.0 Å². The van der Waals surface area contributed by atoms with E-state index in [1.165, 1.54) is 18.9 Å². The van der Waals surface area contributed by atoms with Gasteiger partial charge in [0, 0.05) is 25.1 Å². The Balaban J connectivity index is 2.00. The van der Waals surface area contributed by atoms with Crippen LogP contribution in [0.5, 0.6) is 5.75 Å². The molecule has 0 spiro atoms. The van der Waals surface area contributed by atoms with Crippen LogP contribution in [0.15, 0.2) is 18.2 Å². The second-order valence-corrected chi connectivity index (χ2v) is 4.82. The molecule has 106 valence electrons. The van der Waals surface area contributed by atoms with Crippen molar-refractivity contribution < 1.29 is 9.66 Å². The third-order valence-electron chi connectivity index (χ3n) is 3.08. The zero-order valence-corrected chi connectivity index (χ0v) is 11.2. The first kappa shape index (κ1) is 14.3. The van der Waals surface area contributed by atoms with Crippen LogP contribution in [0.3, 0.4) is 0 Å². The fraction of sp³-hybridized carbons (Fsp3) is 0.500. The standard InChI is InChI=1S/C14H17N3O3/c15-7-1-2-8-20-14-9-11(10-16-12-4-5-12)3-6-13(14)17(18)19/h3,6,9,12,16H,1-2,4-5,8,10H2. The molecule has 1 aliphatic carbocycles. The van der Waals surface area contributed by atoms with Gasteiger partial charge in [0.25, 0.3) is 0 Å². The molecule has 1 aromatic rings. The maximum Gasteiger partial charge on any atom is 0.310 e. The number of hydrogen-bond donors (Lipinski definition) is 1. The first-order valence-corrected chi connectivity index (χ1v) is 6.71. The molecule has 20 heavy (non-hydrogen) atoms. The third kappa shape index (κ3) is 4.21. The third-order valence-corrected chi connectivity index (χ3v) is 3.08. The SMILES string of the molecule is N#CCCCOc1cc(CNC2CC2)ccc1[N+](=O)[O-]. The molecule has 1 fully saturated rings. The first-order chi connectivity index (χ1) is 9.70. The first-order valence-electron chi connectivity index (χ1n) is 6.71. The van der Waals surface area contributed by atoms with E-state index in [9.17, 15) is 10.1 Å². The van der Waals surface area contributed by atoms with Gasteiger partial charge in [0.1, 0.15) is 0 Å². The van der Waals surface area contributed by atoms with Crippen LogP contribution in [-0.4, -0.2) is 17.6 Å². The van der Waals surface area contributed by atoms with Crippen molar-refractivity contribution in [3.8, 4) is 11.8 Å². The van der Waals surface area contributed by atoms with E-state index in [1.54, 1.807) is 12.1 Å². The highest BCUT2D eigenvalue weighted by Crippen LogP contribution is 2.28. The van der Waals surface area contributed by atoms with Gasteiger partial charge >= 0.3 is 5.69 Å². The summed E-state index contributed by atoms with van der Waals surface area (Å²) in [5.41, 5.74) is 0.940. The van der Waals surface area contributed by atoms with Gasteiger partial charge in [-0.1, -0.05) is 6.07 Å². The normalized spacial score (nSPS) is 13.8. The second-order valence-electron chi connectivity index (χ2n) is 4.82. The van der Waals surface area contributed by atoms with Crippen LogP contribution in [0.2, 0.25) is 0 Å². The quantitative estimate of drug-likeness (QED) is 0.447. The Morgan fingerprint density at radius 3 is 2.95 bits per heavy atom. The summed E-state index contributed by atoms with van der Waals surface area (Å²) in [4.78, 5) is 10.5. The van der Waals surface area contributed by atoms with Crippen LogP contribution >= 0.6 is 0 Å². The minimum absolute atomic E-state index is 0.0304. The van der Waals surface area contributed by atoms with Gasteiger partial charge in [0.15, 0.2) is 5.75 Å². The van der Waals surface area contributed by atoms with Gasteiger partial charge in [-0.05, 0) is 30.9 Å². The summed E-state index contributed by atoms with van der Waals surface area (Å²) >= 11 is 0. The monoisotopic (exact) mass is 275 g/mol. The lowest BCUT2D eigenvalue weighted by Crippen LogP contribution is -2.15. The molecule has 0 amide bonds. The van der Waals surface area contributed by atoms with E-state index < -0.39 is 4.92 Å². The number of unbranched alkanes of at least 4 members (excludes halogenated alkanes) is 1. The van der Waals surface area contributed by atoms with Gasteiger partial charge in [-0.15, -0.1) is 0 Å². The number of nitro groups is 1. The Morgan fingerprint density at radius 1 is 1.50 bits per heavy atom. The molecule has 0 aromatic heterocycles. The van der Waals surface area contributed by atoms with Crippen LogP contribution < -0.4 is 10.1 Å². The summed E-state index contributed by atoms with van der Waals surface area (Å²) in [6.45, 7) is 1.01. The molecule has 0 saturated heterocycles. The fourth-order valence-corrected chi connectivity index (χ4v) is 1.82. The number of rotatable bonds is 8. The van der Waals surface area contributed by atoms with Crippen LogP contribution in [0.25, 0.3) is 0 Å². The van der Waals surface area contributed by atoms with Crippen LogP contribution in [0, 0.1) is 21.4 Å². The van der Waals surface area contributed by atoms with Gasteiger partial charge in [-0.25, -0.2) is 0 Å².